The Bertz CT molecular complexity index is 623. The standard InChI is InChI=1S/C30H62N4O4/c1-27(2,3)21-29(7,8)23-31-25(37)11-13-33(17-19-35)15-16-34(18-20-36)14-12-26(38)32-24-30(9,10)22-28(4,5)6/h35-36H,11-24H2,1-10H3,(H,31,37)(H,32,38). The Morgan fingerprint density at radius 3 is 1.13 bits per heavy atom. The molecule has 0 aliphatic rings. The molecular weight excluding hydrogens is 480 g/mol. The average molecular weight is 543 g/mol. The molecule has 0 aromatic rings. The highest BCUT2D eigenvalue weighted by molar-refractivity contribution is 5.76. The molecule has 0 spiro atoms. The van der Waals surface area contributed by atoms with Crippen molar-refractivity contribution >= 4 is 11.8 Å². The molecule has 0 bridgehead atoms. The van der Waals surface area contributed by atoms with Crippen molar-refractivity contribution in [1.29, 1.82) is 0 Å². The van der Waals surface area contributed by atoms with Crippen molar-refractivity contribution in [1.82, 2.24) is 20.4 Å². The molecule has 0 radical (unpaired) electrons. The summed E-state index contributed by atoms with van der Waals surface area (Å²) in [6.07, 6.45) is 2.78. The summed E-state index contributed by atoms with van der Waals surface area (Å²) in [6, 6.07) is 0. The van der Waals surface area contributed by atoms with Gasteiger partial charge < -0.3 is 20.8 Å². The first kappa shape index (κ1) is 36.8. The van der Waals surface area contributed by atoms with Crippen LogP contribution in [0.5, 0.6) is 0 Å². The SMILES string of the molecule is CC(C)(C)CC(C)(C)CNC(=O)CCN(CCO)CCN(CCO)CCC(=O)NCC(C)(C)CC(C)(C)C. The minimum Gasteiger partial charge on any atom is -0.395 e. The molecule has 0 aromatic carbocycles. The summed E-state index contributed by atoms with van der Waals surface area (Å²) >= 11 is 0. The van der Waals surface area contributed by atoms with Crippen molar-refractivity contribution in [3.8, 4) is 0 Å². The van der Waals surface area contributed by atoms with Crippen LogP contribution in [0, 0.1) is 21.7 Å². The number of nitrogens with one attached hydrogen (secondary N) is 2. The predicted molar refractivity (Wildman–Crippen MR) is 158 cm³/mol. The van der Waals surface area contributed by atoms with Crippen LogP contribution < -0.4 is 10.6 Å². The highest BCUT2D eigenvalue weighted by Crippen LogP contribution is 2.33. The molecule has 4 N–H and O–H groups in total. The Morgan fingerprint density at radius 1 is 0.553 bits per heavy atom. The van der Waals surface area contributed by atoms with Crippen LogP contribution in [0.1, 0.15) is 94.9 Å². The zero-order chi connectivity index (χ0) is 29.6. The van der Waals surface area contributed by atoms with Gasteiger partial charge in [0, 0.05) is 65.2 Å². The quantitative estimate of drug-likeness (QED) is 0.199. The van der Waals surface area contributed by atoms with Gasteiger partial charge in [-0.25, -0.2) is 0 Å². The molecule has 8 nitrogen and oxygen atoms in total. The maximum atomic E-state index is 12.5. The first-order valence-corrected chi connectivity index (χ1v) is 14.5. The minimum absolute atomic E-state index is 0.0208. The lowest BCUT2D eigenvalue weighted by Gasteiger charge is -2.33. The summed E-state index contributed by atoms with van der Waals surface area (Å²) in [4.78, 5) is 29.1. The van der Waals surface area contributed by atoms with E-state index in [4.69, 9.17) is 0 Å². The van der Waals surface area contributed by atoms with Gasteiger partial charge in [-0.05, 0) is 34.5 Å². The summed E-state index contributed by atoms with van der Waals surface area (Å²) in [5.74, 6) is 0.0430. The third-order valence-corrected chi connectivity index (χ3v) is 6.42. The van der Waals surface area contributed by atoms with Gasteiger partial charge in [0.1, 0.15) is 0 Å². The van der Waals surface area contributed by atoms with E-state index in [1.807, 2.05) is 0 Å². The van der Waals surface area contributed by atoms with E-state index in [9.17, 15) is 19.8 Å². The first-order chi connectivity index (χ1) is 17.3. The van der Waals surface area contributed by atoms with E-state index in [1.54, 1.807) is 0 Å². The van der Waals surface area contributed by atoms with Crippen molar-refractivity contribution in [3.05, 3.63) is 0 Å². The van der Waals surface area contributed by atoms with Gasteiger partial charge in [-0.3, -0.25) is 19.4 Å². The van der Waals surface area contributed by atoms with Gasteiger partial charge in [-0.1, -0.05) is 69.2 Å². The van der Waals surface area contributed by atoms with Gasteiger partial charge >= 0.3 is 0 Å². The topological polar surface area (TPSA) is 105 Å². The van der Waals surface area contributed by atoms with E-state index in [0.717, 1.165) is 12.8 Å². The molecule has 226 valence electrons. The second-order valence-corrected chi connectivity index (χ2v) is 15.0. The Balaban J connectivity index is 4.62. The van der Waals surface area contributed by atoms with Crippen LogP contribution in [-0.4, -0.2) is 97.4 Å². The third-order valence-electron chi connectivity index (χ3n) is 6.42. The summed E-state index contributed by atoms with van der Waals surface area (Å²) in [5.41, 5.74) is 0.461. The van der Waals surface area contributed by atoms with Crippen LogP contribution in [0.25, 0.3) is 0 Å². The maximum Gasteiger partial charge on any atom is 0.221 e. The summed E-state index contributed by atoms with van der Waals surface area (Å²) < 4.78 is 0. The molecule has 0 saturated carbocycles. The van der Waals surface area contributed by atoms with E-state index in [0.29, 0.717) is 65.2 Å². The van der Waals surface area contributed by atoms with Gasteiger partial charge in [-0.2, -0.15) is 0 Å². The highest BCUT2D eigenvalue weighted by atomic mass is 16.3. The number of nitrogens with zero attached hydrogens (tertiary/aromatic N) is 2. The third kappa shape index (κ3) is 20.7. The largest absolute Gasteiger partial charge is 0.395 e. The van der Waals surface area contributed by atoms with Crippen LogP contribution in [-0.2, 0) is 9.59 Å². The number of carbonyl (C=O) groups excluding carboxylic acids is 2. The summed E-state index contributed by atoms with van der Waals surface area (Å²) in [5, 5.41) is 25.2. The number of hydrogen-bond acceptors (Lipinski definition) is 6. The molecule has 0 saturated heterocycles. The Labute approximate surface area is 234 Å². The van der Waals surface area contributed by atoms with E-state index in [2.05, 4.69) is 89.7 Å². The Morgan fingerprint density at radius 2 is 0.868 bits per heavy atom. The van der Waals surface area contributed by atoms with Gasteiger partial charge in [0.25, 0.3) is 0 Å². The van der Waals surface area contributed by atoms with Crippen molar-refractivity contribution in [2.45, 2.75) is 94.9 Å². The Kier molecular flexibility index (Phi) is 16.2. The smallest absolute Gasteiger partial charge is 0.221 e. The van der Waals surface area contributed by atoms with Crippen LogP contribution in [0.3, 0.4) is 0 Å². The van der Waals surface area contributed by atoms with E-state index in [1.165, 1.54) is 0 Å². The zero-order valence-corrected chi connectivity index (χ0v) is 26.5. The van der Waals surface area contributed by atoms with Crippen LogP contribution >= 0.6 is 0 Å². The molecule has 0 atom stereocenters. The van der Waals surface area contributed by atoms with Crippen molar-refractivity contribution in [3.63, 3.8) is 0 Å². The number of carbonyl (C=O) groups is 2. The van der Waals surface area contributed by atoms with Gasteiger partial charge in [0.2, 0.25) is 11.8 Å². The molecule has 0 aliphatic heterocycles. The second-order valence-electron chi connectivity index (χ2n) is 15.0. The van der Waals surface area contributed by atoms with Crippen molar-refractivity contribution < 1.29 is 19.8 Å². The van der Waals surface area contributed by atoms with Crippen LogP contribution in [0.4, 0.5) is 0 Å². The molecule has 0 heterocycles. The maximum absolute atomic E-state index is 12.5. The van der Waals surface area contributed by atoms with Gasteiger partial charge in [-0.15, -0.1) is 0 Å². The number of aliphatic hydroxyl groups excluding tert-OH is 2. The normalized spacial score (nSPS) is 13.3. The lowest BCUT2D eigenvalue weighted by molar-refractivity contribution is -0.123. The fourth-order valence-electron chi connectivity index (χ4n) is 5.60. The molecule has 0 unspecified atom stereocenters. The van der Waals surface area contributed by atoms with Crippen LogP contribution in [0.15, 0.2) is 0 Å². The minimum atomic E-state index is 0.0208. The Hall–Kier alpha value is -1.22. The molecular formula is C30H62N4O4. The fourth-order valence-corrected chi connectivity index (χ4v) is 5.60. The number of rotatable bonds is 19. The van der Waals surface area contributed by atoms with Crippen molar-refractivity contribution in [2.24, 2.45) is 21.7 Å². The van der Waals surface area contributed by atoms with E-state index < -0.39 is 0 Å². The molecule has 8 heteroatoms. The van der Waals surface area contributed by atoms with Crippen LogP contribution in [0.2, 0.25) is 0 Å². The lowest BCUT2D eigenvalue weighted by Crippen LogP contribution is -2.42. The number of amides is 2. The number of hydrogen-bond donors (Lipinski definition) is 4. The zero-order valence-electron chi connectivity index (χ0n) is 26.5. The molecule has 0 aliphatic carbocycles. The second kappa shape index (κ2) is 16.8. The molecule has 0 rings (SSSR count). The van der Waals surface area contributed by atoms with E-state index in [-0.39, 0.29) is 46.7 Å². The average Bonchev–Trinajstić information content (AvgIpc) is 2.73. The summed E-state index contributed by atoms with van der Waals surface area (Å²) in [7, 11) is 0. The van der Waals surface area contributed by atoms with E-state index >= 15 is 0 Å². The predicted octanol–water partition coefficient (Wildman–Crippen LogP) is 3.51. The molecule has 2 amide bonds. The monoisotopic (exact) mass is 542 g/mol. The first-order valence-electron chi connectivity index (χ1n) is 14.5. The number of aliphatic hydroxyl groups is 2. The summed E-state index contributed by atoms with van der Waals surface area (Å²) in [6.45, 7) is 26.7. The molecule has 0 fully saturated rings. The molecule has 38 heavy (non-hydrogen) atoms. The highest BCUT2D eigenvalue weighted by Gasteiger charge is 2.27. The van der Waals surface area contributed by atoms with Crippen molar-refractivity contribution in [2.75, 3.05) is 65.6 Å². The fraction of sp³-hybridized carbons (Fsp3) is 0.933. The van der Waals surface area contributed by atoms with Gasteiger partial charge in [0.05, 0.1) is 13.2 Å². The molecule has 0 aromatic heterocycles. The van der Waals surface area contributed by atoms with Gasteiger partial charge in [0.15, 0.2) is 0 Å². The lowest BCUT2D eigenvalue weighted by atomic mass is 9.76.